The highest BCUT2D eigenvalue weighted by Gasteiger charge is 2.19. The van der Waals surface area contributed by atoms with Gasteiger partial charge >= 0.3 is 0 Å². The molecule has 0 fully saturated rings. The summed E-state index contributed by atoms with van der Waals surface area (Å²) in [7, 11) is 0. The van der Waals surface area contributed by atoms with E-state index < -0.39 is 4.92 Å². The molecule has 1 aromatic rings. The molecule has 0 amide bonds. The maximum atomic E-state index is 10.6. The number of nitrogens with zero attached hydrogens (tertiary/aromatic N) is 1. The van der Waals surface area contributed by atoms with E-state index in [4.69, 9.17) is 21.1 Å². The van der Waals surface area contributed by atoms with Gasteiger partial charge in [-0.25, -0.2) is 0 Å². The van der Waals surface area contributed by atoms with Gasteiger partial charge in [0.25, 0.3) is 5.69 Å². The van der Waals surface area contributed by atoms with Gasteiger partial charge in [-0.05, 0) is 5.56 Å². The Morgan fingerprint density at radius 3 is 3.00 bits per heavy atom. The van der Waals surface area contributed by atoms with Crippen molar-refractivity contribution in [3.63, 3.8) is 0 Å². The summed E-state index contributed by atoms with van der Waals surface area (Å²) in [5.74, 6) is 0.697. The van der Waals surface area contributed by atoms with Crippen molar-refractivity contribution in [3.8, 4) is 5.75 Å². The summed E-state index contributed by atoms with van der Waals surface area (Å²) in [4.78, 5) is 10.2. The Morgan fingerprint density at radius 1 is 1.53 bits per heavy atom. The monoisotopic (exact) mass is 229 g/mol. The lowest BCUT2D eigenvalue weighted by atomic mass is 10.1. The molecule has 1 heterocycles. The van der Waals surface area contributed by atoms with E-state index in [0.717, 1.165) is 5.56 Å². The second-order valence-corrected chi connectivity index (χ2v) is 3.35. The lowest BCUT2D eigenvalue weighted by Gasteiger charge is -2.19. The minimum absolute atomic E-state index is 0.00806. The molecule has 2 rings (SSSR count). The second-order valence-electron chi connectivity index (χ2n) is 3.08. The largest absolute Gasteiger partial charge is 0.467 e. The molecule has 0 radical (unpaired) electrons. The minimum atomic E-state index is -0.463. The lowest BCUT2D eigenvalue weighted by Crippen LogP contribution is -2.13. The number of halogens is 1. The van der Waals surface area contributed by atoms with Crippen LogP contribution in [0.1, 0.15) is 11.1 Å². The molecule has 1 aromatic carbocycles. The smallest absolute Gasteiger partial charge is 0.273 e. The van der Waals surface area contributed by atoms with Gasteiger partial charge in [0.2, 0.25) is 0 Å². The van der Waals surface area contributed by atoms with Gasteiger partial charge in [-0.1, -0.05) is 0 Å². The summed E-state index contributed by atoms with van der Waals surface area (Å²) < 4.78 is 10.3. The molecule has 0 atom stereocenters. The normalized spacial score (nSPS) is 14.2. The molecule has 15 heavy (non-hydrogen) atoms. The molecule has 0 bridgehead atoms. The van der Waals surface area contributed by atoms with Crippen molar-refractivity contribution < 1.29 is 14.4 Å². The zero-order valence-electron chi connectivity index (χ0n) is 7.73. The van der Waals surface area contributed by atoms with Crippen LogP contribution in [0.25, 0.3) is 0 Å². The molecule has 6 heteroatoms. The minimum Gasteiger partial charge on any atom is -0.467 e. The number of hydrogen-bond donors (Lipinski definition) is 0. The van der Waals surface area contributed by atoms with Crippen LogP contribution in [0.3, 0.4) is 0 Å². The van der Waals surface area contributed by atoms with E-state index in [0.29, 0.717) is 17.9 Å². The van der Waals surface area contributed by atoms with Crippen LogP contribution < -0.4 is 4.74 Å². The maximum Gasteiger partial charge on any atom is 0.273 e. The predicted molar refractivity (Wildman–Crippen MR) is 52.9 cm³/mol. The number of nitro groups is 1. The molecule has 0 N–H and O–H groups in total. The summed E-state index contributed by atoms with van der Waals surface area (Å²) in [5, 5.41) is 10.6. The van der Waals surface area contributed by atoms with Gasteiger partial charge < -0.3 is 9.47 Å². The van der Waals surface area contributed by atoms with Crippen LogP contribution >= 0.6 is 11.6 Å². The topological polar surface area (TPSA) is 61.6 Å². The number of benzene rings is 1. The van der Waals surface area contributed by atoms with Gasteiger partial charge in [0.05, 0.1) is 17.6 Å². The quantitative estimate of drug-likeness (QED) is 0.443. The molecule has 1 aliphatic rings. The van der Waals surface area contributed by atoms with Crippen LogP contribution in [-0.4, -0.2) is 11.7 Å². The lowest BCUT2D eigenvalue weighted by molar-refractivity contribution is -0.385. The summed E-state index contributed by atoms with van der Waals surface area (Å²) in [6, 6.07) is 2.85. The van der Waals surface area contributed by atoms with E-state index in [9.17, 15) is 10.1 Å². The molecule has 0 unspecified atom stereocenters. The van der Waals surface area contributed by atoms with Crippen molar-refractivity contribution in [2.45, 2.75) is 12.5 Å². The fourth-order valence-corrected chi connectivity index (χ4v) is 1.69. The Labute approximate surface area is 90.7 Å². The summed E-state index contributed by atoms with van der Waals surface area (Å²) in [6.45, 7) is 0.505. The van der Waals surface area contributed by atoms with E-state index in [1.165, 1.54) is 12.1 Å². The third kappa shape index (κ3) is 1.88. The van der Waals surface area contributed by atoms with Crippen molar-refractivity contribution in [1.82, 2.24) is 0 Å². The molecular weight excluding hydrogens is 222 g/mol. The number of alkyl halides is 1. The Balaban J connectivity index is 2.52. The number of rotatable bonds is 2. The maximum absolute atomic E-state index is 10.6. The van der Waals surface area contributed by atoms with Crippen LogP contribution in [0.2, 0.25) is 0 Å². The first-order valence-corrected chi connectivity index (χ1v) is 4.82. The van der Waals surface area contributed by atoms with E-state index >= 15 is 0 Å². The number of fused-ring (bicyclic) bond motifs is 1. The fourth-order valence-electron chi connectivity index (χ4n) is 1.45. The standard InChI is InChI=1S/C9H8ClNO4/c10-3-6-1-7(11(12)13)2-9-8(6)4-14-5-15-9/h1-2H,3-5H2. The first-order chi connectivity index (χ1) is 7.22. The van der Waals surface area contributed by atoms with Crippen molar-refractivity contribution in [2.24, 2.45) is 0 Å². The zero-order chi connectivity index (χ0) is 10.8. The number of non-ortho nitro benzene ring substituents is 1. The first kappa shape index (κ1) is 10.2. The molecule has 80 valence electrons. The average Bonchev–Trinajstić information content (AvgIpc) is 2.27. The first-order valence-electron chi connectivity index (χ1n) is 4.29. The Hall–Kier alpha value is -1.33. The molecule has 0 aromatic heterocycles. The van der Waals surface area contributed by atoms with Crippen molar-refractivity contribution in [1.29, 1.82) is 0 Å². The van der Waals surface area contributed by atoms with Crippen LogP contribution in [0.5, 0.6) is 5.75 Å². The van der Waals surface area contributed by atoms with Gasteiger partial charge in [0, 0.05) is 17.5 Å². The summed E-state index contributed by atoms with van der Waals surface area (Å²) in [6.07, 6.45) is 0. The second kappa shape index (κ2) is 4.04. The summed E-state index contributed by atoms with van der Waals surface area (Å²) in [5.41, 5.74) is 1.47. The third-order valence-corrected chi connectivity index (χ3v) is 2.47. The highest BCUT2D eigenvalue weighted by atomic mass is 35.5. The number of ether oxygens (including phenoxy) is 2. The average molecular weight is 230 g/mol. The number of nitro benzene ring substituents is 1. The van der Waals surface area contributed by atoms with Crippen LogP contribution in [-0.2, 0) is 17.2 Å². The molecular formula is C9H8ClNO4. The Kier molecular flexibility index (Phi) is 2.75. The van der Waals surface area contributed by atoms with Crippen molar-refractivity contribution in [2.75, 3.05) is 6.79 Å². The Bertz CT molecular complexity index is 390. The van der Waals surface area contributed by atoms with E-state index in [1.54, 1.807) is 0 Å². The SMILES string of the molecule is O=[N+]([O-])c1cc(CCl)c2c(c1)OCOC2. The van der Waals surface area contributed by atoms with Crippen molar-refractivity contribution >= 4 is 17.3 Å². The predicted octanol–water partition coefficient (Wildman–Crippen LogP) is 2.20. The molecule has 5 nitrogen and oxygen atoms in total. The van der Waals surface area contributed by atoms with E-state index in [2.05, 4.69) is 0 Å². The van der Waals surface area contributed by atoms with Gasteiger partial charge in [-0.15, -0.1) is 11.6 Å². The van der Waals surface area contributed by atoms with Gasteiger partial charge in [-0.3, -0.25) is 10.1 Å². The van der Waals surface area contributed by atoms with E-state index in [-0.39, 0.29) is 18.4 Å². The van der Waals surface area contributed by atoms with Crippen LogP contribution in [0.15, 0.2) is 12.1 Å². The fraction of sp³-hybridized carbons (Fsp3) is 0.333. The van der Waals surface area contributed by atoms with E-state index in [1.807, 2.05) is 0 Å². The molecule has 1 aliphatic heterocycles. The third-order valence-electron chi connectivity index (χ3n) is 2.19. The van der Waals surface area contributed by atoms with Gasteiger partial charge in [0.1, 0.15) is 5.75 Å². The Morgan fingerprint density at radius 2 is 2.33 bits per heavy atom. The van der Waals surface area contributed by atoms with Crippen LogP contribution in [0, 0.1) is 10.1 Å². The number of hydrogen-bond acceptors (Lipinski definition) is 4. The zero-order valence-corrected chi connectivity index (χ0v) is 8.49. The molecule has 0 aliphatic carbocycles. The molecule has 0 spiro atoms. The highest BCUT2D eigenvalue weighted by Crippen LogP contribution is 2.32. The van der Waals surface area contributed by atoms with Crippen LogP contribution in [0.4, 0.5) is 5.69 Å². The highest BCUT2D eigenvalue weighted by molar-refractivity contribution is 6.17. The molecule has 0 saturated heterocycles. The van der Waals surface area contributed by atoms with Gasteiger partial charge in [0.15, 0.2) is 6.79 Å². The van der Waals surface area contributed by atoms with Crippen molar-refractivity contribution in [3.05, 3.63) is 33.4 Å². The molecule has 0 saturated carbocycles. The summed E-state index contributed by atoms with van der Waals surface area (Å²) >= 11 is 5.71. The van der Waals surface area contributed by atoms with Gasteiger partial charge in [-0.2, -0.15) is 0 Å².